The van der Waals surface area contributed by atoms with Crippen molar-refractivity contribution in [2.24, 2.45) is 0 Å². The van der Waals surface area contributed by atoms with Crippen LogP contribution in [-0.2, 0) is 0 Å². The summed E-state index contributed by atoms with van der Waals surface area (Å²) in [6.45, 7) is 0. The maximum absolute atomic E-state index is 5.37. The Morgan fingerprint density at radius 1 is 0.435 bits per heavy atom. The monoisotopic (exact) mass is 586 g/mol. The Bertz CT molecular complexity index is 2790. The third-order valence-corrected chi connectivity index (χ3v) is 9.32. The van der Waals surface area contributed by atoms with Gasteiger partial charge in [-0.3, -0.25) is 9.55 Å². The fourth-order valence-corrected chi connectivity index (χ4v) is 7.32. The van der Waals surface area contributed by atoms with E-state index in [2.05, 4.69) is 149 Å². The number of rotatable bonds is 3. The maximum atomic E-state index is 5.37. The van der Waals surface area contributed by atoms with Crippen LogP contribution in [0, 0.1) is 0 Å². The average molecular weight is 587 g/mol. The Morgan fingerprint density at radius 3 is 2.00 bits per heavy atom. The van der Waals surface area contributed by atoms with Gasteiger partial charge in [-0.2, -0.15) is 0 Å². The van der Waals surface area contributed by atoms with Crippen molar-refractivity contribution < 1.29 is 0 Å². The first-order valence-corrected chi connectivity index (χ1v) is 15.6. The van der Waals surface area contributed by atoms with Gasteiger partial charge >= 0.3 is 0 Å². The van der Waals surface area contributed by atoms with Crippen LogP contribution in [0.15, 0.2) is 158 Å². The summed E-state index contributed by atoms with van der Waals surface area (Å²) in [6.07, 6.45) is 1.86. The molecular formula is C42H26N4. The number of nitrogens with zero attached hydrogens (tertiary/aromatic N) is 4. The van der Waals surface area contributed by atoms with Crippen molar-refractivity contribution in [2.45, 2.75) is 0 Å². The summed E-state index contributed by atoms with van der Waals surface area (Å²) >= 11 is 0. The van der Waals surface area contributed by atoms with Crippen molar-refractivity contribution in [2.75, 3.05) is 0 Å². The van der Waals surface area contributed by atoms with E-state index in [1.165, 1.54) is 37.8 Å². The zero-order valence-corrected chi connectivity index (χ0v) is 24.8. The highest BCUT2D eigenvalue weighted by Crippen LogP contribution is 2.42. The van der Waals surface area contributed by atoms with Gasteiger partial charge in [-0.15, -0.1) is 0 Å². The zero-order valence-electron chi connectivity index (χ0n) is 24.8. The molecule has 10 aromatic rings. The second-order valence-corrected chi connectivity index (χ2v) is 11.9. The Morgan fingerprint density at radius 2 is 1.13 bits per heavy atom. The van der Waals surface area contributed by atoms with Crippen molar-refractivity contribution in [3.8, 4) is 22.8 Å². The number of benzene rings is 6. The van der Waals surface area contributed by atoms with Crippen LogP contribution in [0.4, 0.5) is 0 Å². The molecule has 0 atom stereocenters. The molecule has 0 fully saturated rings. The van der Waals surface area contributed by atoms with Gasteiger partial charge in [0.05, 0.1) is 33.3 Å². The van der Waals surface area contributed by atoms with Gasteiger partial charge in [-0.1, -0.05) is 103 Å². The lowest BCUT2D eigenvalue weighted by Crippen LogP contribution is -2.01. The minimum absolute atomic E-state index is 0.850. The molecule has 0 radical (unpaired) electrons. The van der Waals surface area contributed by atoms with E-state index in [4.69, 9.17) is 9.97 Å². The normalized spacial score (nSPS) is 11.9. The predicted molar refractivity (Wildman–Crippen MR) is 191 cm³/mol. The van der Waals surface area contributed by atoms with Crippen molar-refractivity contribution in [3.63, 3.8) is 0 Å². The van der Waals surface area contributed by atoms with Crippen LogP contribution in [0.3, 0.4) is 0 Å². The lowest BCUT2D eigenvalue weighted by Gasteiger charge is -2.13. The highest BCUT2D eigenvalue weighted by molar-refractivity contribution is 6.23. The molecule has 46 heavy (non-hydrogen) atoms. The standard InChI is InChI=1S/C42H26N4/c1-3-13-28(14-4-1)41-33-19-11-23-43-36(33)25-40(44-41)46-37-20-10-9-18-31(37)34-24-35-32-22-21-27-12-7-8-17-30(27)42(32)45(38(35)26-39(34)46)29-15-5-2-6-16-29/h1-26H. The van der Waals surface area contributed by atoms with E-state index in [1.807, 2.05) is 18.3 Å². The Hall–Kier alpha value is -6.26. The van der Waals surface area contributed by atoms with Gasteiger partial charge in [-0.05, 0) is 47.9 Å². The van der Waals surface area contributed by atoms with Crippen molar-refractivity contribution in [1.82, 2.24) is 19.1 Å². The molecule has 0 aliphatic carbocycles. The smallest absolute Gasteiger partial charge is 0.140 e. The van der Waals surface area contributed by atoms with E-state index < -0.39 is 0 Å². The van der Waals surface area contributed by atoms with Crippen molar-refractivity contribution in [3.05, 3.63) is 158 Å². The summed E-state index contributed by atoms with van der Waals surface area (Å²) in [7, 11) is 0. The molecule has 0 saturated carbocycles. The van der Waals surface area contributed by atoms with Crippen LogP contribution >= 0.6 is 0 Å². The van der Waals surface area contributed by atoms with Gasteiger partial charge in [0.1, 0.15) is 5.82 Å². The summed E-state index contributed by atoms with van der Waals surface area (Å²) < 4.78 is 4.75. The highest BCUT2D eigenvalue weighted by Gasteiger charge is 2.21. The fourth-order valence-electron chi connectivity index (χ4n) is 7.32. The van der Waals surface area contributed by atoms with E-state index >= 15 is 0 Å². The van der Waals surface area contributed by atoms with Crippen molar-refractivity contribution in [1.29, 1.82) is 0 Å². The first-order valence-electron chi connectivity index (χ1n) is 15.6. The van der Waals surface area contributed by atoms with Crippen LogP contribution in [0.1, 0.15) is 0 Å². The third-order valence-electron chi connectivity index (χ3n) is 9.32. The van der Waals surface area contributed by atoms with Gasteiger partial charge in [0, 0.05) is 55.8 Å². The molecule has 10 rings (SSSR count). The minimum Gasteiger partial charge on any atom is -0.309 e. The van der Waals surface area contributed by atoms with E-state index in [0.29, 0.717) is 0 Å². The summed E-state index contributed by atoms with van der Waals surface area (Å²) in [4.78, 5) is 10.2. The Labute approximate surface area is 264 Å². The van der Waals surface area contributed by atoms with Crippen LogP contribution in [0.2, 0.25) is 0 Å². The van der Waals surface area contributed by atoms with Crippen LogP contribution in [0.5, 0.6) is 0 Å². The van der Waals surface area contributed by atoms with Gasteiger partial charge in [0.25, 0.3) is 0 Å². The number of hydrogen-bond acceptors (Lipinski definition) is 2. The second-order valence-electron chi connectivity index (χ2n) is 11.9. The molecule has 4 heteroatoms. The van der Waals surface area contributed by atoms with Gasteiger partial charge in [0.2, 0.25) is 0 Å². The Balaban J connectivity index is 1.38. The molecule has 6 aromatic carbocycles. The molecule has 0 N–H and O–H groups in total. The molecule has 0 unspecified atom stereocenters. The molecule has 4 aromatic heterocycles. The van der Waals surface area contributed by atoms with Gasteiger partial charge in [0.15, 0.2) is 0 Å². The number of fused-ring (bicyclic) bond motifs is 9. The van der Waals surface area contributed by atoms with Crippen molar-refractivity contribution >= 4 is 65.3 Å². The molecule has 0 amide bonds. The van der Waals surface area contributed by atoms with E-state index in [1.54, 1.807) is 0 Å². The molecule has 4 nitrogen and oxygen atoms in total. The summed E-state index contributed by atoms with van der Waals surface area (Å²) in [6, 6.07) is 54.0. The largest absolute Gasteiger partial charge is 0.309 e. The second kappa shape index (κ2) is 9.62. The molecule has 0 saturated heterocycles. The van der Waals surface area contributed by atoms with Gasteiger partial charge in [-0.25, -0.2) is 4.98 Å². The Kier molecular flexibility index (Phi) is 5.25. The predicted octanol–water partition coefficient (Wildman–Crippen LogP) is 10.6. The van der Waals surface area contributed by atoms with Gasteiger partial charge < -0.3 is 4.57 Å². The average Bonchev–Trinajstić information content (AvgIpc) is 3.63. The van der Waals surface area contributed by atoms with E-state index in [-0.39, 0.29) is 0 Å². The van der Waals surface area contributed by atoms with Crippen LogP contribution in [-0.4, -0.2) is 19.1 Å². The first kappa shape index (κ1) is 25.1. The summed E-state index contributed by atoms with van der Waals surface area (Å²) in [5, 5.41) is 8.39. The van der Waals surface area contributed by atoms with E-state index in [9.17, 15) is 0 Å². The molecule has 0 aliphatic rings. The quantitative estimate of drug-likeness (QED) is 0.206. The third kappa shape index (κ3) is 3.55. The molecular weight excluding hydrogens is 560 g/mol. The summed E-state index contributed by atoms with van der Waals surface area (Å²) in [5.41, 5.74) is 8.68. The molecule has 4 heterocycles. The topological polar surface area (TPSA) is 35.6 Å². The number of aromatic nitrogens is 4. The lowest BCUT2D eigenvalue weighted by molar-refractivity contribution is 1.09. The zero-order chi connectivity index (χ0) is 30.2. The number of para-hydroxylation sites is 2. The van der Waals surface area contributed by atoms with Crippen LogP contribution < -0.4 is 0 Å². The lowest BCUT2D eigenvalue weighted by atomic mass is 10.0. The first-order chi connectivity index (χ1) is 22.8. The number of hydrogen-bond donors (Lipinski definition) is 0. The molecule has 0 bridgehead atoms. The SMILES string of the molecule is c1ccc(-c2nc(-n3c4ccccc4c4cc5c6ccc7ccccc7c6n(-c6ccccc6)c5cc43)cc3ncccc23)cc1. The highest BCUT2D eigenvalue weighted by atomic mass is 15.1. The minimum atomic E-state index is 0.850. The fraction of sp³-hybridized carbons (Fsp3) is 0. The number of pyridine rings is 2. The maximum Gasteiger partial charge on any atom is 0.140 e. The van der Waals surface area contributed by atoms with E-state index in [0.717, 1.165) is 50.2 Å². The molecule has 0 aliphatic heterocycles. The van der Waals surface area contributed by atoms with Crippen LogP contribution in [0.25, 0.3) is 88.0 Å². The summed E-state index contributed by atoms with van der Waals surface area (Å²) in [5.74, 6) is 0.850. The molecule has 214 valence electrons. The molecule has 0 spiro atoms.